The van der Waals surface area contributed by atoms with E-state index in [0.717, 1.165) is 6.42 Å². The highest BCUT2D eigenvalue weighted by Gasteiger charge is 2.10. The SMILES string of the molecule is C=CCn1ncc(NCCC(C)S(C)=O)c(Cl)c1=O. The van der Waals surface area contributed by atoms with Crippen molar-refractivity contribution in [1.29, 1.82) is 0 Å². The largest absolute Gasteiger partial charge is 0.382 e. The van der Waals surface area contributed by atoms with Gasteiger partial charge in [-0.25, -0.2) is 4.68 Å². The summed E-state index contributed by atoms with van der Waals surface area (Å²) in [4.78, 5) is 11.8. The van der Waals surface area contributed by atoms with Crippen LogP contribution in [-0.4, -0.2) is 32.0 Å². The van der Waals surface area contributed by atoms with E-state index in [1.165, 1.54) is 10.9 Å². The van der Waals surface area contributed by atoms with Crippen LogP contribution in [0.3, 0.4) is 0 Å². The van der Waals surface area contributed by atoms with Gasteiger partial charge in [0.1, 0.15) is 5.02 Å². The van der Waals surface area contributed by atoms with E-state index in [4.69, 9.17) is 11.6 Å². The first-order chi connectivity index (χ1) is 8.97. The fourth-order valence-corrected chi connectivity index (χ4v) is 2.08. The monoisotopic (exact) mass is 303 g/mol. The summed E-state index contributed by atoms with van der Waals surface area (Å²) in [7, 11) is -0.850. The van der Waals surface area contributed by atoms with Crippen LogP contribution in [0.25, 0.3) is 0 Å². The molecule has 1 rings (SSSR count). The average Bonchev–Trinajstić information content (AvgIpc) is 2.37. The molecule has 19 heavy (non-hydrogen) atoms. The van der Waals surface area contributed by atoms with Crippen LogP contribution in [0.2, 0.25) is 5.02 Å². The highest BCUT2D eigenvalue weighted by atomic mass is 35.5. The third-order valence-electron chi connectivity index (χ3n) is 2.72. The molecule has 0 radical (unpaired) electrons. The van der Waals surface area contributed by atoms with Gasteiger partial charge in [0.25, 0.3) is 5.56 Å². The summed E-state index contributed by atoms with van der Waals surface area (Å²) in [5.41, 5.74) is 0.153. The first-order valence-electron chi connectivity index (χ1n) is 5.90. The van der Waals surface area contributed by atoms with Crippen LogP contribution < -0.4 is 10.9 Å². The van der Waals surface area contributed by atoms with Crippen LogP contribution in [0.5, 0.6) is 0 Å². The molecule has 1 N–H and O–H groups in total. The van der Waals surface area contributed by atoms with Crippen molar-refractivity contribution in [2.45, 2.75) is 25.1 Å². The quantitative estimate of drug-likeness (QED) is 0.778. The molecule has 7 heteroatoms. The smallest absolute Gasteiger partial charge is 0.287 e. The maximum absolute atomic E-state index is 11.8. The summed E-state index contributed by atoms with van der Waals surface area (Å²) in [5, 5.41) is 7.24. The van der Waals surface area contributed by atoms with Gasteiger partial charge < -0.3 is 5.32 Å². The molecule has 1 aromatic heterocycles. The van der Waals surface area contributed by atoms with Gasteiger partial charge in [-0.2, -0.15) is 5.10 Å². The predicted molar refractivity (Wildman–Crippen MR) is 80.3 cm³/mol. The number of rotatable bonds is 7. The maximum Gasteiger partial charge on any atom is 0.287 e. The number of anilines is 1. The lowest BCUT2D eigenvalue weighted by atomic mass is 10.3. The number of allylic oxidation sites excluding steroid dienone is 1. The van der Waals surface area contributed by atoms with E-state index in [1.807, 2.05) is 6.92 Å². The molecular weight excluding hydrogens is 286 g/mol. The van der Waals surface area contributed by atoms with Gasteiger partial charge in [0.2, 0.25) is 0 Å². The summed E-state index contributed by atoms with van der Waals surface area (Å²) in [6.45, 7) is 6.38. The topological polar surface area (TPSA) is 64.0 Å². The Balaban J connectivity index is 2.70. The Morgan fingerprint density at radius 1 is 1.68 bits per heavy atom. The van der Waals surface area contributed by atoms with Crippen LogP contribution in [0.1, 0.15) is 13.3 Å². The summed E-state index contributed by atoms with van der Waals surface area (Å²) >= 11 is 5.98. The van der Waals surface area contributed by atoms with Crippen molar-refractivity contribution >= 4 is 28.1 Å². The fraction of sp³-hybridized carbons (Fsp3) is 0.500. The Kier molecular flexibility index (Phi) is 6.24. The van der Waals surface area contributed by atoms with Crippen LogP contribution in [0, 0.1) is 0 Å². The zero-order valence-electron chi connectivity index (χ0n) is 11.1. The molecule has 0 fully saturated rings. The van der Waals surface area contributed by atoms with E-state index in [2.05, 4.69) is 17.0 Å². The van der Waals surface area contributed by atoms with Gasteiger partial charge in [0, 0.05) is 28.9 Å². The zero-order chi connectivity index (χ0) is 14.4. The van der Waals surface area contributed by atoms with Gasteiger partial charge in [-0.15, -0.1) is 6.58 Å². The first-order valence-corrected chi connectivity index (χ1v) is 7.90. The molecule has 0 aliphatic carbocycles. The van der Waals surface area contributed by atoms with Crippen LogP contribution in [-0.2, 0) is 17.3 Å². The Morgan fingerprint density at radius 2 is 2.37 bits per heavy atom. The highest BCUT2D eigenvalue weighted by molar-refractivity contribution is 7.84. The minimum Gasteiger partial charge on any atom is -0.382 e. The van der Waals surface area contributed by atoms with Crippen LogP contribution in [0.4, 0.5) is 5.69 Å². The zero-order valence-corrected chi connectivity index (χ0v) is 12.6. The maximum atomic E-state index is 11.8. The van der Waals surface area contributed by atoms with E-state index in [9.17, 15) is 9.00 Å². The second-order valence-electron chi connectivity index (χ2n) is 4.17. The lowest BCUT2D eigenvalue weighted by Crippen LogP contribution is -2.24. The molecule has 1 aromatic rings. The Labute approximate surface area is 120 Å². The van der Waals surface area contributed by atoms with Crippen molar-refractivity contribution in [1.82, 2.24) is 9.78 Å². The highest BCUT2D eigenvalue weighted by Crippen LogP contribution is 2.15. The molecular formula is C12H18ClN3O2S. The Morgan fingerprint density at radius 3 is 2.95 bits per heavy atom. The summed E-state index contributed by atoms with van der Waals surface area (Å²) in [6.07, 6.45) is 5.50. The first kappa shape index (κ1) is 15.9. The average molecular weight is 304 g/mol. The molecule has 2 atom stereocenters. The van der Waals surface area contributed by atoms with E-state index in [1.54, 1.807) is 12.3 Å². The van der Waals surface area contributed by atoms with Crippen molar-refractivity contribution in [2.24, 2.45) is 0 Å². The number of halogens is 1. The van der Waals surface area contributed by atoms with Crippen molar-refractivity contribution in [2.75, 3.05) is 18.1 Å². The van der Waals surface area contributed by atoms with Crippen LogP contribution >= 0.6 is 11.6 Å². The second-order valence-corrected chi connectivity index (χ2v) is 6.35. The third-order valence-corrected chi connectivity index (χ3v) is 4.45. The molecule has 0 aliphatic heterocycles. The summed E-state index contributed by atoms with van der Waals surface area (Å²) in [6, 6.07) is 0. The Hall–Kier alpha value is -1.14. The second kappa shape index (κ2) is 7.45. The summed E-state index contributed by atoms with van der Waals surface area (Å²) in [5.74, 6) is 0. The van der Waals surface area contributed by atoms with Gasteiger partial charge in [-0.1, -0.05) is 24.6 Å². The van der Waals surface area contributed by atoms with E-state index in [0.29, 0.717) is 18.8 Å². The summed E-state index contributed by atoms with van der Waals surface area (Å²) < 4.78 is 12.4. The fourth-order valence-electron chi connectivity index (χ4n) is 1.42. The molecule has 0 amide bonds. The molecule has 5 nitrogen and oxygen atoms in total. The molecule has 1 heterocycles. The van der Waals surface area contributed by atoms with Gasteiger partial charge in [0.15, 0.2) is 0 Å². The minimum atomic E-state index is -0.850. The van der Waals surface area contributed by atoms with Gasteiger partial charge >= 0.3 is 0 Å². The molecule has 0 aliphatic rings. The molecule has 0 saturated heterocycles. The van der Waals surface area contributed by atoms with Crippen LogP contribution in [0.15, 0.2) is 23.6 Å². The van der Waals surface area contributed by atoms with Crippen molar-refractivity contribution in [3.8, 4) is 0 Å². The number of nitrogens with zero attached hydrogens (tertiary/aromatic N) is 2. The number of aromatic nitrogens is 2. The van der Waals surface area contributed by atoms with E-state index in [-0.39, 0.29) is 15.8 Å². The number of hydrogen-bond donors (Lipinski definition) is 1. The van der Waals surface area contributed by atoms with E-state index >= 15 is 0 Å². The standard InChI is InChI=1S/C12H18ClN3O2S/c1-4-7-16-12(17)11(13)10(8-15-16)14-6-5-9(2)19(3)18/h4,8-9,14H,1,5-7H2,2-3H3. The number of hydrogen-bond acceptors (Lipinski definition) is 4. The lowest BCUT2D eigenvalue weighted by Gasteiger charge is -2.11. The minimum absolute atomic E-state index is 0.0976. The van der Waals surface area contributed by atoms with Crippen molar-refractivity contribution in [3.63, 3.8) is 0 Å². The molecule has 0 spiro atoms. The van der Waals surface area contributed by atoms with E-state index < -0.39 is 10.8 Å². The predicted octanol–water partition coefficient (Wildman–Crippen LogP) is 1.65. The van der Waals surface area contributed by atoms with Crippen molar-refractivity contribution in [3.05, 3.63) is 34.2 Å². The molecule has 0 saturated carbocycles. The molecule has 2 unspecified atom stereocenters. The molecule has 0 aromatic carbocycles. The lowest BCUT2D eigenvalue weighted by molar-refractivity contribution is 0.652. The van der Waals surface area contributed by atoms with Gasteiger partial charge in [-0.05, 0) is 6.42 Å². The van der Waals surface area contributed by atoms with Gasteiger partial charge in [0.05, 0.1) is 18.4 Å². The number of nitrogens with one attached hydrogen (secondary N) is 1. The van der Waals surface area contributed by atoms with Gasteiger partial charge in [-0.3, -0.25) is 9.00 Å². The normalized spacial score (nSPS) is 13.8. The molecule has 106 valence electrons. The third kappa shape index (κ3) is 4.47. The molecule has 0 bridgehead atoms. The Bertz CT molecular complexity index is 530. The van der Waals surface area contributed by atoms with Crippen molar-refractivity contribution < 1.29 is 4.21 Å².